The Balaban J connectivity index is 2.38. The molecule has 0 saturated heterocycles. The second-order valence-corrected chi connectivity index (χ2v) is 7.07. The summed E-state index contributed by atoms with van der Waals surface area (Å²) in [5.74, 6) is 0.779. The molecule has 0 N–H and O–H groups in total. The van der Waals surface area contributed by atoms with E-state index in [9.17, 15) is 8.42 Å². The molecule has 1 rings (SSSR count). The molecule has 0 bridgehead atoms. The molecule has 1 aromatic rings. The maximum atomic E-state index is 12.1. The Kier molecular flexibility index (Phi) is 7.34. The second-order valence-electron chi connectivity index (χ2n) is 4.49. The molecule has 0 spiro atoms. The standard InChI is InChI=1S/C13H21ClN2O2S/c1-16(11-4-2-3-8-14)19(17,18)12-7-13-5-9-15-10-6-13/h5-6,9-10H,2-4,7-8,11-12H2,1H3. The number of rotatable bonds is 9. The minimum Gasteiger partial charge on any atom is -0.265 e. The third kappa shape index (κ3) is 6.36. The first-order valence-corrected chi connectivity index (χ1v) is 8.59. The van der Waals surface area contributed by atoms with E-state index in [-0.39, 0.29) is 5.75 Å². The van der Waals surface area contributed by atoms with Crippen molar-refractivity contribution >= 4 is 21.6 Å². The van der Waals surface area contributed by atoms with Crippen LogP contribution < -0.4 is 0 Å². The number of aryl methyl sites for hydroxylation is 1. The molecule has 0 aromatic carbocycles. The van der Waals surface area contributed by atoms with Crippen molar-refractivity contribution in [3.63, 3.8) is 0 Å². The van der Waals surface area contributed by atoms with E-state index in [0.29, 0.717) is 18.8 Å². The number of hydrogen-bond donors (Lipinski definition) is 0. The highest BCUT2D eigenvalue weighted by Crippen LogP contribution is 2.07. The Morgan fingerprint density at radius 1 is 1.21 bits per heavy atom. The Morgan fingerprint density at radius 3 is 2.53 bits per heavy atom. The molecule has 0 aliphatic rings. The fourth-order valence-electron chi connectivity index (χ4n) is 1.70. The van der Waals surface area contributed by atoms with Crippen LogP contribution in [0.5, 0.6) is 0 Å². The van der Waals surface area contributed by atoms with Crippen molar-refractivity contribution in [3.05, 3.63) is 30.1 Å². The largest absolute Gasteiger partial charge is 0.265 e. The van der Waals surface area contributed by atoms with Crippen LogP contribution >= 0.6 is 11.6 Å². The summed E-state index contributed by atoms with van der Waals surface area (Å²) < 4.78 is 25.6. The maximum Gasteiger partial charge on any atom is 0.214 e. The molecule has 0 unspecified atom stereocenters. The van der Waals surface area contributed by atoms with Gasteiger partial charge in [-0.25, -0.2) is 12.7 Å². The Morgan fingerprint density at radius 2 is 1.89 bits per heavy atom. The topological polar surface area (TPSA) is 50.3 Å². The minimum absolute atomic E-state index is 0.142. The van der Waals surface area contributed by atoms with E-state index in [1.165, 1.54) is 4.31 Å². The number of halogens is 1. The van der Waals surface area contributed by atoms with E-state index in [1.807, 2.05) is 12.1 Å². The molecule has 6 heteroatoms. The van der Waals surface area contributed by atoms with Gasteiger partial charge < -0.3 is 0 Å². The number of unbranched alkanes of at least 4 members (excludes halogenated alkanes) is 2. The Hall–Kier alpha value is -0.650. The van der Waals surface area contributed by atoms with Gasteiger partial charge in [0.05, 0.1) is 5.75 Å². The van der Waals surface area contributed by atoms with Gasteiger partial charge in [-0.1, -0.05) is 6.42 Å². The van der Waals surface area contributed by atoms with Crippen LogP contribution in [0.2, 0.25) is 0 Å². The molecule has 4 nitrogen and oxygen atoms in total. The molecule has 0 aliphatic heterocycles. The van der Waals surface area contributed by atoms with Gasteiger partial charge in [0.25, 0.3) is 0 Å². The summed E-state index contributed by atoms with van der Waals surface area (Å²) in [6.45, 7) is 0.565. The maximum absolute atomic E-state index is 12.1. The van der Waals surface area contributed by atoms with Crippen molar-refractivity contribution in [2.24, 2.45) is 0 Å². The van der Waals surface area contributed by atoms with Gasteiger partial charge in [-0.15, -0.1) is 11.6 Å². The minimum atomic E-state index is -3.17. The van der Waals surface area contributed by atoms with E-state index in [1.54, 1.807) is 19.4 Å². The fraction of sp³-hybridized carbons (Fsp3) is 0.615. The number of pyridine rings is 1. The molecular weight excluding hydrogens is 284 g/mol. The average Bonchev–Trinajstić information content (AvgIpc) is 2.42. The van der Waals surface area contributed by atoms with E-state index in [0.717, 1.165) is 24.8 Å². The van der Waals surface area contributed by atoms with Crippen LogP contribution in [0.3, 0.4) is 0 Å². The molecule has 0 atom stereocenters. The molecule has 0 aliphatic carbocycles. The van der Waals surface area contributed by atoms with Crippen molar-refractivity contribution in [2.45, 2.75) is 25.7 Å². The van der Waals surface area contributed by atoms with Gasteiger partial charge in [0.2, 0.25) is 10.0 Å². The molecule has 1 aromatic heterocycles. The summed E-state index contributed by atoms with van der Waals surface area (Å²) in [7, 11) is -1.52. The summed E-state index contributed by atoms with van der Waals surface area (Å²) in [5.41, 5.74) is 0.995. The first-order valence-electron chi connectivity index (χ1n) is 6.45. The highest BCUT2D eigenvalue weighted by Gasteiger charge is 2.16. The van der Waals surface area contributed by atoms with Gasteiger partial charge >= 0.3 is 0 Å². The molecule has 19 heavy (non-hydrogen) atoms. The molecule has 0 saturated carbocycles. The lowest BCUT2D eigenvalue weighted by atomic mass is 10.2. The van der Waals surface area contributed by atoms with Gasteiger partial charge in [0.15, 0.2) is 0 Å². The lowest BCUT2D eigenvalue weighted by Gasteiger charge is -2.16. The van der Waals surface area contributed by atoms with Crippen molar-refractivity contribution in [2.75, 3.05) is 25.2 Å². The molecule has 0 radical (unpaired) electrons. The lowest BCUT2D eigenvalue weighted by Crippen LogP contribution is -2.30. The van der Waals surface area contributed by atoms with Crippen LogP contribution in [-0.2, 0) is 16.4 Å². The van der Waals surface area contributed by atoms with Crippen LogP contribution in [-0.4, -0.2) is 42.9 Å². The van der Waals surface area contributed by atoms with E-state index in [2.05, 4.69) is 4.98 Å². The molecule has 0 amide bonds. The van der Waals surface area contributed by atoms with Crippen molar-refractivity contribution < 1.29 is 8.42 Å². The highest BCUT2D eigenvalue weighted by atomic mass is 35.5. The van der Waals surface area contributed by atoms with Crippen molar-refractivity contribution in [3.8, 4) is 0 Å². The molecule has 1 heterocycles. The molecule has 0 fully saturated rings. The van der Waals surface area contributed by atoms with Crippen LogP contribution in [0.1, 0.15) is 24.8 Å². The van der Waals surface area contributed by atoms with Gasteiger partial charge in [-0.05, 0) is 37.0 Å². The SMILES string of the molecule is CN(CCCCCCl)S(=O)(=O)CCc1ccncc1. The zero-order valence-corrected chi connectivity index (χ0v) is 12.8. The van der Waals surface area contributed by atoms with E-state index < -0.39 is 10.0 Å². The predicted octanol–water partition coefficient (Wildman–Crippen LogP) is 2.29. The first-order chi connectivity index (χ1) is 9.06. The lowest BCUT2D eigenvalue weighted by molar-refractivity contribution is 0.454. The zero-order valence-electron chi connectivity index (χ0n) is 11.3. The van der Waals surface area contributed by atoms with Crippen molar-refractivity contribution in [1.82, 2.24) is 9.29 Å². The van der Waals surface area contributed by atoms with Crippen LogP contribution in [0, 0.1) is 0 Å². The normalized spacial score (nSPS) is 11.9. The second kappa shape index (κ2) is 8.51. The Labute approximate surface area is 120 Å². The highest BCUT2D eigenvalue weighted by molar-refractivity contribution is 7.89. The zero-order chi connectivity index (χ0) is 14.1. The summed E-state index contributed by atoms with van der Waals surface area (Å²) >= 11 is 5.59. The van der Waals surface area contributed by atoms with Gasteiger partial charge in [0, 0.05) is 31.9 Å². The number of sulfonamides is 1. The van der Waals surface area contributed by atoms with Crippen LogP contribution in [0.15, 0.2) is 24.5 Å². The van der Waals surface area contributed by atoms with E-state index in [4.69, 9.17) is 11.6 Å². The third-order valence-corrected chi connectivity index (χ3v) is 5.10. The Bertz CT molecular complexity index is 451. The third-order valence-electron chi connectivity index (χ3n) is 2.98. The monoisotopic (exact) mass is 304 g/mol. The van der Waals surface area contributed by atoms with E-state index >= 15 is 0 Å². The molecule has 108 valence electrons. The summed E-state index contributed by atoms with van der Waals surface area (Å²) in [4.78, 5) is 3.91. The number of hydrogen-bond acceptors (Lipinski definition) is 3. The van der Waals surface area contributed by atoms with Crippen LogP contribution in [0.4, 0.5) is 0 Å². The summed E-state index contributed by atoms with van der Waals surface area (Å²) in [6, 6.07) is 3.69. The quantitative estimate of drug-likeness (QED) is 0.519. The molecular formula is C13H21ClN2O2S. The first kappa shape index (κ1) is 16.4. The van der Waals surface area contributed by atoms with Gasteiger partial charge in [-0.2, -0.15) is 0 Å². The average molecular weight is 305 g/mol. The van der Waals surface area contributed by atoms with Gasteiger partial charge in [0.1, 0.15) is 0 Å². The van der Waals surface area contributed by atoms with Gasteiger partial charge in [-0.3, -0.25) is 4.98 Å². The smallest absolute Gasteiger partial charge is 0.214 e. The number of aromatic nitrogens is 1. The number of nitrogens with zero attached hydrogens (tertiary/aromatic N) is 2. The summed E-state index contributed by atoms with van der Waals surface area (Å²) in [6.07, 6.45) is 6.64. The van der Waals surface area contributed by atoms with Crippen molar-refractivity contribution in [1.29, 1.82) is 0 Å². The fourth-order valence-corrected chi connectivity index (χ4v) is 3.10. The predicted molar refractivity (Wildman–Crippen MR) is 78.9 cm³/mol. The summed E-state index contributed by atoms with van der Waals surface area (Å²) in [5, 5.41) is 0. The number of alkyl halides is 1. The van der Waals surface area contributed by atoms with Crippen LogP contribution in [0.25, 0.3) is 0 Å².